The second-order valence-electron chi connectivity index (χ2n) is 4.91. The van der Waals surface area contributed by atoms with Crippen LogP contribution in [0.25, 0.3) is 10.1 Å². The molecule has 0 aliphatic carbocycles. The standard InChI is InChI=1S/C17H16FNS/c1-12(13-6-8-15(18)9-7-13)19-10-14-11-20-17-5-3-2-4-16(14)17/h2-9,11-12,19H,10H2,1H3/t12-/m0/s1. The van der Waals surface area contributed by atoms with Gasteiger partial charge in [-0.15, -0.1) is 11.3 Å². The molecule has 0 radical (unpaired) electrons. The Morgan fingerprint density at radius 1 is 1.10 bits per heavy atom. The molecule has 1 aromatic heterocycles. The number of benzene rings is 2. The molecular formula is C17H16FNS. The van der Waals surface area contributed by atoms with Crippen molar-refractivity contribution in [2.45, 2.75) is 19.5 Å². The number of hydrogen-bond acceptors (Lipinski definition) is 2. The van der Waals surface area contributed by atoms with E-state index in [0.717, 1.165) is 12.1 Å². The zero-order valence-corrected chi connectivity index (χ0v) is 12.1. The van der Waals surface area contributed by atoms with Gasteiger partial charge >= 0.3 is 0 Å². The highest BCUT2D eigenvalue weighted by Gasteiger charge is 2.07. The molecule has 0 saturated carbocycles. The average molecular weight is 285 g/mol. The number of rotatable bonds is 4. The van der Waals surface area contributed by atoms with Crippen LogP contribution in [0.15, 0.2) is 53.9 Å². The SMILES string of the molecule is C[C@H](NCc1csc2ccccc12)c1ccc(F)cc1. The van der Waals surface area contributed by atoms with Gasteiger partial charge < -0.3 is 5.32 Å². The first-order valence-electron chi connectivity index (χ1n) is 6.68. The molecule has 0 aliphatic rings. The van der Waals surface area contributed by atoms with Crippen LogP contribution in [0.5, 0.6) is 0 Å². The van der Waals surface area contributed by atoms with Crippen LogP contribution in [0.4, 0.5) is 4.39 Å². The maximum absolute atomic E-state index is 12.9. The predicted octanol–water partition coefficient (Wildman–Crippen LogP) is 4.89. The second-order valence-corrected chi connectivity index (χ2v) is 5.82. The quantitative estimate of drug-likeness (QED) is 0.719. The molecule has 1 atom stereocenters. The zero-order valence-electron chi connectivity index (χ0n) is 11.3. The molecule has 1 nitrogen and oxygen atoms in total. The lowest BCUT2D eigenvalue weighted by Crippen LogP contribution is -2.17. The van der Waals surface area contributed by atoms with Gasteiger partial charge in [-0.3, -0.25) is 0 Å². The van der Waals surface area contributed by atoms with Crippen LogP contribution in [0.3, 0.4) is 0 Å². The summed E-state index contributed by atoms with van der Waals surface area (Å²) in [6.45, 7) is 2.92. The van der Waals surface area contributed by atoms with Crippen molar-refractivity contribution >= 4 is 21.4 Å². The number of fused-ring (bicyclic) bond motifs is 1. The van der Waals surface area contributed by atoms with Gasteiger partial charge in [-0.05, 0) is 47.0 Å². The lowest BCUT2D eigenvalue weighted by molar-refractivity contribution is 0.573. The molecule has 0 saturated heterocycles. The van der Waals surface area contributed by atoms with Gasteiger partial charge in [0.25, 0.3) is 0 Å². The van der Waals surface area contributed by atoms with E-state index in [2.05, 4.69) is 41.9 Å². The summed E-state index contributed by atoms with van der Waals surface area (Å²) in [4.78, 5) is 0. The fourth-order valence-corrected chi connectivity index (χ4v) is 3.26. The molecule has 0 unspecified atom stereocenters. The van der Waals surface area contributed by atoms with Gasteiger partial charge in [-0.1, -0.05) is 30.3 Å². The van der Waals surface area contributed by atoms with Crippen molar-refractivity contribution in [1.29, 1.82) is 0 Å². The van der Waals surface area contributed by atoms with Crippen molar-refractivity contribution in [2.24, 2.45) is 0 Å². The third kappa shape index (κ3) is 2.74. The summed E-state index contributed by atoms with van der Waals surface area (Å²) in [5.74, 6) is -0.190. The Bertz CT molecular complexity index is 702. The van der Waals surface area contributed by atoms with E-state index in [9.17, 15) is 4.39 Å². The Balaban J connectivity index is 1.71. The molecule has 20 heavy (non-hydrogen) atoms. The fourth-order valence-electron chi connectivity index (χ4n) is 2.30. The topological polar surface area (TPSA) is 12.0 Å². The Labute approximate surface area is 122 Å². The molecule has 3 aromatic rings. The first kappa shape index (κ1) is 13.3. The van der Waals surface area contributed by atoms with E-state index in [4.69, 9.17) is 0 Å². The third-order valence-corrected chi connectivity index (χ3v) is 4.54. The maximum Gasteiger partial charge on any atom is 0.123 e. The second kappa shape index (κ2) is 5.73. The van der Waals surface area contributed by atoms with E-state index in [1.54, 1.807) is 11.3 Å². The summed E-state index contributed by atoms with van der Waals surface area (Å²) in [5.41, 5.74) is 2.42. The normalized spacial score (nSPS) is 12.7. The van der Waals surface area contributed by atoms with Crippen LogP contribution in [-0.4, -0.2) is 0 Å². The van der Waals surface area contributed by atoms with Crippen LogP contribution in [0.2, 0.25) is 0 Å². The first-order valence-corrected chi connectivity index (χ1v) is 7.56. The smallest absolute Gasteiger partial charge is 0.123 e. The van der Waals surface area contributed by atoms with Crippen molar-refractivity contribution in [3.8, 4) is 0 Å². The van der Waals surface area contributed by atoms with Gasteiger partial charge in [0.2, 0.25) is 0 Å². The molecule has 3 heteroatoms. The van der Waals surface area contributed by atoms with E-state index in [0.29, 0.717) is 0 Å². The van der Waals surface area contributed by atoms with Crippen molar-refractivity contribution in [3.05, 3.63) is 70.9 Å². The Hall–Kier alpha value is -1.71. The van der Waals surface area contributed by atoms with Gasteiger partial charge in [0.15, 0.2) is 0 Å². The molecule has 1 heterocycles. The van der Waals surface area contributed by atoms with E-state index >= 15 is 0 Å². The van der Waals surface area contributed by atoms with Gasteiger partial charge in [0, 0.05) is 17.3 Å². The molecular weight excluding hydrogens is 269 g/mol. The largest absolute Gasteiger partial charge is 0.306 e. The van der Waals surface area contributed by atoms with E-state index in [-0.39, 0.29) is 11.9 Å². The summed E-state index contributed by atoms with van der Waals surface area (Å²) < 4.78 is 14.2. The Kier molecular flexibility index (Phi) is 3.81. The minimum absolute atomic E-state index is 0.190. The molecule has 0 aliphatic heterocycles. The lowest BCUT2D eigenvalue weighted by atomic mass is 10.1. The van der Waals surface area contributed by atoms with Gasteiger partial charge in [0.05, 0.1) is 0 Å². The average Bonchev–Trinajstić information content (AvgIpc) is 2.89. The molecule has 0 bridgehead atoms. The van der Waals surface area contributed by atoms with Crippen molar-refractivity contribution in [2.75, 3.05) is 0 Å². The minimum atomic E-state index is -0.190. The van der Waals surface area contributed by atoms with Crippen molar-refractivity contribution in [3.63, 3.8) is 0 Å². The third-order valence-electron chi connectivity index (χ3n) is 3.53. The summed E-state index contributed by atoms with van der Waals surface area (Å²) in [6.07, 6.45) is 0. The number of nitrogens with one attached hydrogen (secondary N) is 1. The van der Waals surface area contributed by atoms with Crippen molar-refractivity contribution in [1.82, 2.24) is 5.32 Å². The Morgan fingerprint density at radius 2 is 1.85 bits per heavy atom. The molecule has 2 aromatic carbocycles. The summed E-state index contributed by atoms with van der Waals surface area (Å²) >= 11 is 1.77. The lowest BCUT2D eigenvalue weighted by Gasteiger charge is -2.14. The first-order chi connectivity index (χ1) is 9.74. The Morgan fingerprint density at radius 3 is 2.65 bits per heavy atom. The van der Waals surface area contributed by atoms with Crippen LogP contribution in [0, 0.1) is 5.82 Å². The van der Waals surface area contributed by atoms with E-state index in [1.807, 2.05) is 12.1 Å². The van der Waals surface area contributed by atoms with Gasteiger partial charge in [-0.2, -0.15) is 0 Å². The highest BCUT2D eigenvalue weighted by atomic mass is 32.1. The summed E-state index contributed by atoms with van der Waals surface area (Å²) in [7, 11) is 0. The zero-order chi connectivity index (χ0) is 13.9. The molecule has 1 N–H and O–H groups in total. The number of thiophene rings is 1. The van der Waals surface area contributed by atoms with Crippen LogP contribution >= 0.6 is 11.3 Å². The number of hydrogen-bond donors (Lipinski definition) is 1. The highest BCUT2D eigenvalue weighted by Crippen LogP contribution is 2.26. The maximum atomic E-state index is 12.9. The molecule has 0 spiro atoms. The molecule has 102 valence electrons. The van der Waals surface area contributed by atoms with Crippen LogP contribution < -0.4 is 5.32 Å². The molecule has 0 fully saturated rings. The fraction of sp³-hybridized carbons (Fsp3) is 0.176. The van der Waals surface area contributed by atoms with Gasteiger partial charge in [0.1, 0.15) is 5.82 Å². The summed E-state index contributed by atoms with van der Waals surface area (Å²) in [6, 6.07) is 15.3. The number of halogens is 1. The van der Waals surface area contributed by atoms with Crippen LogP contribution in [-0.2, 0) is 6.54 Å². The minimum Gasteiger partial charge on any atom is -0.306 e. The van der Waals surface area contributed by atoms with E-state index in [1.165, 1.54) is 27.8 Å². The molecule has 3 rings (SSSR count). The highest BCUT2D eigenvalue weighted by molar-refractivity contribution is 7.17. The molecule has 0 amide bonds. The summed E-state index contributed by atoms with van der Waals surface area (Å²) in [5, 5.41) is 7.02. The van der Waals surface area contributed by atoms with Crippen LogP contribution in [0.1, 0.15) is 24.1 Å². The monoisotopic (exact) mass is 285 g/mol. The van der Waals surface area contributed by atoms with E-state index < -0.39 is 0 Å². The van der Waals surface area contributed by atoms with Gasteiger partial charge in [-0.25, -0.2) is 4.39 Å². The van der Waals surface area contributed by atoms with Crippen molar-refractivity contribution < 1.29 is 4.39 Å². The predicted molar refractivity (Wildman–Crippen MR) is 83.5 cm³/mol.